The van der Waals surface area contributed by atoms with E-state index in [4.69, 9.17) is 18.9 Å². The third-order valence-corrected chi connectivity index (χ3v) is 5.07. The van der Waals surface area contributed by atoms with Crippen molar-refractivity contribution in [3.8, 4) is 11.1 Å². The van der Waals surface area contributed by atoms with E-state index >= 15 is 0 Å². The first-order chi connectivity index (χ1) is 18.8. The quantitative estimate of drug-likeness (QED) is 0.160. The summed E-state index contributed by atoms with van der Waals surface area (Å²) in [6.45, 7) is 8.55. The van der Waals surface area contributed by atoms with Crippen LogP contribution in [0.5, 0.6) is 0 Å². The summed E-state index contributed by atoms with van der Waals surface area (Å²) in [7, 11) is 0. The van der Waals surface area contributed by atoms with Gasteiger partial charge in [-0.25, -0.2) is 28.8 Å². The maximum Gasteiger partial charge on any atom is 0.339 e. The highest BCUT2D eigenvalue weighted by Crippen LogP contribution is 2.26. The number of hydrogen-bond acceptors (Lipinski definition) is 10. The summed E-state index contributed by atoms with van der Waals surface area (Å²) in [4.78, 5) is 71.3. The molecule has 0 fully saturated rings. The van der Waals surface area contributed by atoms with E-state index in [1.165, 1.54) is 38.1 Å². The highest BCUT2D eigenvalue weighted by molar-refractivity contribution is 6.05. The number of aromatic carboxylic acids is 2. The van der Waals surface area contributed by atoms with Crippen LogP contribution in [-0.4, -0.2) is 72.5 Å². The van der Waals surface area contributed by atoms with Gasteiger partial charge in [0.25, 0.3) is 0 Å². The van der Waals surface area contributed by atoms with Crippen LogP contribution in [0, 0.1) is 0 Å². The molecule has 2 aromatic carbocycles. The zero-order valence-electron chi connectivity index (χ0n) is 21.7. The lowest BCUT2D eigenvalue weighted by molar-refractivity contribution is -0.140. The number of esters is 4. The molecule has 0 aliphatic heterocycles. The van der Waals surface area contributed by atoms with Crippen LogP contribution in [0.25, 0.3) is 11.1 Å². The minimum Gasteiger partial charge on any atom is -0.478 e. The fourth-order valence-electron chi connectivity index (χ4n) is 3.10. The first kappa shape index (κ1) is 31.0. The maximum atomic E-state index is 12.4. The summed E-state index contributed by atoms with van der Waals surface area (Å²) in [5, 5.41) is 19.3. The molecule has 210 valence electrons. The monoisotopic (exact) mass is 554 g/mol. The van der Waals surface area contributed by atoms with E-state index in [1.54, 1.807) is 0 Å². The molecule has 0 saturated carbocycles. The molecule has 0 saturated heterocycles. The van der Waals surface area contributed by atoms with Gasteiger partial charge in [0.15, 0.2) is 0 Å². The first-order valence-corrected chi connectivity index (χ1v) is 11.6. The van der Waals surface area contributed by atoms with Crippen LogP contribution in [0.15, 0.2) is 60.7 Å². The van der Waals surface area contributed by atoms with E-state index in [0.717, 1.165) is 12.1 Å². The molecule has 2 aromatic rings. The van der Waals surface area contributed by atoms with Crippen molar-refractivity contribution in [2.45, 2.75) is 13.8 Å². The highest BCUT2D eigenvalue weighted by atomic mass is 16.6. The predicted octanol–water partition coefficient (Wildman–Crippen LogP) is 3.30. The summed E-state index contributed by atoms with van der Waals surface area (Å²) in [5.41, 5.74) is -0.628. The number of carboxylic acids is 2. The summed E-state index contributed by atoms with van der Waals surface area (Å²) in [6.07, 6.45) is 0. The minimum absolute atomic E-state index is 0.160. The highest BCUT2D eigenvalue weighted by Gasteiger charge is 2.22. The molecule has 0 radical (unpaired) electrons. The average molecular weight is 555 g/mol. The Morgan fingerprint density at radius 1 is 0.575 bits per heavy atom. The molecule has 0 aromatic heterocycles. The van der Waals surface area contributed by atoms with E-state index in [2.05, 4.69) is 13.2 Å². The molecule has 0 heterocycles. The van der Waals surface area contributed by atoms with Crippen molar-refractivity contribution >= 4 is 35.8 Å². The normalized spacial score (nSPS) is 10.2. The Bertz CT molecular complexity index is 1280. The molecule has 12 heteroatoms. The smallest absolute Gasteiger partial charge is 0.339 e. The Kier molecular flexibility index (Phi) is 10.9. The number of carbonyl (C=O) groups excluding carboxylic acids is 4. The van der Waals surface area contributed by atoms with Gasteiger partial charge in [0.1, 0.15) is 26.4 Å². The number of hydrogen-bond donors (Lipinski definition) is 2. The second-order valence-electron chi connectivity index (χ2n) is 8.24. The van der Waals surface area contributed by atoms with E-state index in [0.29, 0.717) is 0 Å². The van der Waals surface area contributed by atoms with Gasteiger partial charge in [0.2, 0.25) is 0 Å². The van der Waals surface area contributed by atoms with Gasteiger partial charge < -0.3 is 29.2 Å². The van der Waals surface area contributed by atoms with Gasteiger partial charge in [-0.05, 0) is 49.2 Å². The van der Waals surface area contributed by atoms with Gasteiger partial charge in [-0.2, -0.15) is 0 Å². The van der Waals surface area contributed by atoms with Crippen LogP contribution in [0.3, 0.4) is 0 Å². The van der Waals surface area contributed by atoms with E-state index in [-0.39, 0.29) is 59.8 Å². The minimum atomic E-state index is -1.45. The molecule has 0 atom stereocenters. The molecule has 0 aliphatic rings. The maximum absolute atomic E-state index is 12.4. The van der Waals surface area contributed by atoms with Crippen LogP contribution in [0.4, 0.5) is 0 Å². The number of carbonyl (C=O) groups is 6. The van der Waals surface area contributed by atoms with Gasteiger partial charge in [-0.3, -0.25) is 0 Å². The van der Waals surface area contributed by atoms with E-state index < -0.39 is 46.9 Å². The fraction of sp³-hybridized carbons (Fsp3) is 0.214. The van der Waals surface area contributed by atoms with Crippen molar-refractivity contribution in [1.29, 1.82) is 0 Å². The summed E-state index contributed by atoms with van der Waals surface area (Å²) in [5.74, 6) is -6.20. The van der Waals surface area contributed by atoms with Gasteiger partial charge in [-0.1, -0.05) is 25.3 Å². The third-order valence-electron chi connectivity index (χ3n) is 5.07. The Labute approximate surface area is 228 Å². The number of rotatable bonds is 13. The molecule has 12 nitrogen and oxygen atoms in total. The Hall–Kier alpha value is -5.26. The summed E-state index contributed by atoms with van der Waals surface area (Å²) >= 11 is 0. The largest absolute Gasteiger partial charge is 0.478 e. The lowest BCUT2D eigenvalue weighted by atomic mass is 9.96. The second kappa shape index (κ2) is 14.0. The molecule has 0 spiro atoms. The molecule has 40 heavy (non-hydrogen) atoms. The lowest BCUT2D eigenvalue weighted by Gasteiger charge is -2.12. The van der Waals surface area contributed by atoms with Crippen LogP contribution >= 0.6 is 0 Å². The fourth-order valence-corrected chi connectivity index (χ4v) is 3.10. The number of benzene rings is 2. The number of ether oxygens (including phenoxy) is 4. The van der Waals surface area contributed by atoms with Crippen molar-refractivity contribution in [3.63, 3.8) is 0 Å². The van der Waals surface area contributed by atoms with Gasteiger partial charge in [0.05, 0.1) is 22.3 Å². The van der Waals surface area contributed by atoms with Crippen LogP contribution in [-0.2, 0) is 28.5 Å². The van der Waals surface area contributed by atoms with Gasteiger partial charge >= 0.3 is 35.8 Å². The zero-order valence-corrected chi connectivity index (χ0v) is 21.7. The van der Waals surface area contributed by atoms with Crippen molar-refractivity contribution in [1.82, 2.24) is 0 Å². The second-order valence-corrected chi connectivity index (χ2v) is 8.24. The van der Waals surface area contributed by atoms with Crippen molar-refractivity contribution in [2.24, 2.45) is 0 Å². The molecular formula is C28H26O12. The molecular weight excluding hydrogens is 528 g/mol. The Balaban J connectivity index is 2.21. The average Bonchev–Trinajstić information content (AvgIpc) is 2.91. The zero-order chi connectivity index (χ0) is 30.0. The topological polar surface area (TPSA) is 180 Å². The Morgan fingerprint density at radius 3 is 1.20 bits per heavy atom. The first-order valence-electron chi connectivity index (χ1n) is 11.6. The molecule has 0 bridgehead atoms. The molecule has 0 amide bonds. The Morgan fingerprint density at radius 2 is 0.900 bits per heavy atom. The van der Waals surface area contributed by atoms with Gasteiger partial charge in [-0.15, -0.1) is 0 Å². The number of carboxylic acid groups (broad SMARTS) is 2. The van der Waals surface area contributed by atoms with Gasteiger partial charge in [0, 0.05) is 11.1 Å². The molecule has 0 unspecified atom stereocenters. The standard InChI is InChI=1S/C28H26O12/c1-15(2)25(33)37-9-11-39-27(35)19-7-5-17(13-21(19)23(29)30)18-6-8-20(22(14-18)24(31)32)28(36)40-12-10-38-26(34)16(3)4/h5-8,13-14H,1,3,9-12H2,2,4H3,(H,29,30)(H,31,32). The van der Waals surface area contributed by atoms with Crippen molar-refractivity contribution < 1.29 is 57.9 Å². The van der Waals surface area contributed by atoms with Crippen molar-refractivity contribution in [2.75, 3.05) is 26.4 Å². The van der Waals surface area contributed by atoms with Crippen LogP contribution in [0.2, 0.25) is 0 Å². The third kappa shape index (κ3) is 8.38. The van der Waals surface area contributed by atoms with Crippen LogP contribution in [0.1, 0.15) is 55.3 Å². The lowest BCUT2D eigenvalue weighted by Crippen LogP contribution is -2.17. The molecule has 0 aliphatic carbocycles. The van der Waals surface area contributed by atoms with E-state index in [1.807, 2.05) is 0 Å². The summed E-state index contributed by atoms with van der Waals surface area (Å²) in [6, 6.07) is 7.42. The van der Waals surface area contributed by atoms with E-state index in [9.17, 15) is 39.0 Å². The predicted molar refractivity (Wildman–Crippen MR) is 138 cm³/mol. The molecule has 2 rings (SSSR count). The van der Waals surface area contributed by atoms with Crippen molar-refractivity contribution in [3.05, 3.63) is 83.0 Å². The van der Waals surface area contributed by atoms with Crippen LogP contribution < -0.4 is 0 Å². The SMILES string of the molecule is C=C(C)C(=O)OCCOC(=O)c1ccc(-c2ccc(C(=O)OCCOC(=O)C(=C)C)c(C(=O)O)c2)cc1C(=O)O. The summed E-state index contributed by atoms with van der Waals surface area (Å²) < 4.78 is 19.6. The molecule has 2 N–H and O–H groups in total.